The van der Waals surface area contributed by atoms with Crippen molar-refractivity contribution in [1.29, 1.82) is 0 Å². The molecule has 1 aliphatic heterocycles. The van der Waals surface area contributed by atoms with Gasteiger partial charge < -0.3 is 10.6 Å². The van der Waals surface area contributed by atoms with Crippen molar-refractivity contribution < 1.29 is 4.79 Å². The number of amides is 1. The number of aromatic nitrogens is 3. The number of nitrogens with zero attached hydrogens (tertiary/aromatic N) is 2. The zero-order valence-electron chi connectivity index (χ0n) is 12.3. The molecule has 6 nitrogen and oxygen atoms in total. The minimum atomic E-state index is -0.00172. The maximum atomic E-state index is 12.1. The van der Waals surface area contributed by atoms with Gasteiger partial charge in [-0.3, -0.25) is 9.89 Å². The van der Waals surface area contributed by atoms with Gasteiger partial charge in [-0.25, -0.2) is 4.98 Å². The number of H-pyrrole nitrogens is 1. The molecule has 126 valence electrons. The molecule has 0 aliphatic carbocycles. The number of aromatic amines is 1. The Morgan fingerprint density at radius 2 is 2.09 bits per heavy atom. The number of carbonyl (C=O) groups excluding carboxylic acids is 1. The second-order valence-electron chi connectivity index (χ2n) is 4.94. The number of halogens is 2. The van der Waals surface area contributed by atoms with Crippen LogP contribution in [0.5, 0.6) is 0 Å². The summed E-state index contributed by atoms with van der Waals surface area (Å²) < 4.78 is 0. The predicted molar refractivity (Wildman–Crippen MR) is 95.6 cm³/mol. The topological polar surface area (TPSA) is 82.7 Å². The number of hydrogen-bond acceptors (Lipinski definition) is 5. The fraction of sp³-hybridized carbons (Fsp3) is 0.357. The summed E-state index contributed by atoms with van der Waals surface area (Å²) in [6.07, 6.45) is 2.49. The molecule has 0 radical (unpaired) electrons. The average molecular weight is 376 g/mol. The van der Waals surface area contributed by atoms with Crippen molar-refractivity contribution in [2.24, 2.45) is 0 Å². The highest BCUT2D eigenvalue weighted by atomic mass is 35.5. The van der Waals surface area contributed by atoms with E-state index in [9.17, 15) is 4.79 Å². The van der Waals surface area contributed by atoms with Gasteiger partial charge in [-0.1, -0.05) is 23.9 Å². The van der Waals surface area contributed by atoms with Crippen molar-refractivity contribution in [3.8, 4) is 0 Å². The van der Waals surface area contributed by atoms with Gasteiger partial charge in [0.05, 0.1) is 0 Å². The first kappa shape index (κ1) is 19.8. The number of benzene rings is 1. The molecule has 2 aromatic rings. The van der Waals surface area contributed by atoms with Gasteiger partial charge in [0.25, 0.3) is 5.91 Å². The van der Waals surface area contributed by atoms with Crippen molar-refractivity contribution in [3.63, 3.8) is 0 Å². The molecule has 1 fully saturated rings. The van der Waals surface area contributed by atoms with Crippen LogP contribution in [0.2, 0.25) is 0 Å². The Kier molecular flexibility index (Phi) is 8.40. The lowest BCUT2D eigenvalue weighted by Gasteiger charge is -2.11. The van der Waals surface area contributed by atoms with Crippen LogP contribution in [-0.4, -0.2) is 40.2 Å². The summed E-state index contributed by atoms with van der Waals surface area (Å²) in [7, 11) is 0. The van der Waals surface area contributed by atoms with Gasteiger partial charge in [-0.15, -0.1) is 24.8 Å². The molecule has 1 aliphatic rings. The van der Waals surface area contributed by atoms with Crippen LogP contribution in [0, 0.1) is 0 Å². The van der Waals surface area contributed by atoms with E-state index in [-0.39, 0.29) is 36.8 Å². The molecule has 3 rings (SSSR count). The summed E-state index contributed by atoms with van der Waals surface area (Å²) in [5, 5.41) is 13.7. The number of carbonyl (C=O) groups is 1. The normalized spacial score (nSPS) is 16.3. The Balaban J connectivity index is 0.00000132. The monoisotopic (exact) mass is 375 g/mol. The van der Waals surface area contributed by atoms with E-state index in [2.05, 4.69) is 25.8 Å². The molecule has 23 heavy (non-hydrogen) atoms. The molecular weight excluding hydrogens is 357 g/mol. The Morgan fingerprint density at radius 1 is 1.30 bits per heavy atom. The van der Waals surface area contributed by atoms with Gasteiger partial charge in [0.2, 0.25) is 0 Å². The van der Waals surface area contributed by atoms with Gasteiger partial charge in [0.1, 0.15) is 6.33 Å². The lowest BCUT2D eigenvalue weighted by Crippen LogP contribution is -2.36. The summed E-state index contributed by atoms with van der Waals surface area (Å²) >= 11 is 1.58. The molecule has 3 N–H and O–H groups in total. The van der Waals surface area contributed by atoms with E-state index in [1.165, 1.54) is 6.33 Å². The first-order chi connectivity index (χ1) is 10.3. The van der Waals surface area contributed by atoms with E-state index in [1.807, 2.05) is 24.3 Å². The van der Waals surface area contributed by atoms with Crippen LogP contribution < -0.4 is 10.6 Å². The second-order valence-corrected chi connectivity index (χ2v) is 5.90. The summed E-state index contributed by atoms with van der Waals surface area (Å²) in [5.74, 6) is 0.794. The van der Waals surface area contributed by atoms with Gasteiger partial charge in [-0.2, -0.15) is 5.10 Å². The molecule has 1 aromatic carbocycles. The number of hydrogen-bond donors (Lipinski definition) is 3. The van der Waals surface area contributed by atoms with Crippen LogP contribution in [0.15, 0.2) is 35.7 Å². The standard InChI is InChI=1S/C14H17N5OS.2ClH/c20-13(18-12-5-6-15-7-12)11-3-1-10(2-4-11)8-21-14-16-9-17-19-14;;/h1-4,9,12,15H,5-8H2,(H,18,20)(H,16,17,19);2*1H. The van der Waals surface area contributed by atoms with E-state index in [4.69, 9.17) is 0 Å². The van der Waals surface area contributed by atoms with Gasteiger partial charge in [0.15, 0.2) is 5.16 Å². The molecule has 1 amide bonds. The third kappa shape index (κ3) is 5.69. The summed E-state index contributed by atoms with van der Waals surface area (Å²) in [6, 6.07) is 7.94. The molecule has 2 heterocycles. The summed E-state index contributed by atoms with van der Waals surface area (Å²) in [6.45, 7) is 1.83. The van der Waals surface area contributed by atoms with Crippen LogP contribution in [0.25, 0.3) is 0 Å². The number of rotatable bonds is 5. The number of thioether (sulfide) groups is 1. The van der Waals surface area contributed by atoms with E-state index < -0.39 is 0 Å². The molecular formula is C14H19Cl2N5OS. The number of nitrogens with one attached hydrogen (secondary N) is 3. The minimum absolute atomic E-state index is 0. The highest BCUT2D eigenvalue weighted by Gasteiger charge is 2.17. The van der Waals surface area contributed by atoms with Crippen molar-refractivity contribution in [2.45, 2.75) is 23.4 Å². The zero-order chi connectivity index (χ0) is 14.5. The minimum Gasteiger partial charge on any atom is -0.348 e. The first-order valence-electron chi connectivity index (χ1n) is 6.90. The molecule has 1 saturated heterocycles. The maximum absolute atomic E-state index is 12.1. The summed E-state index contributed by atoms with van der Waals surface area (Å²) in [5.41, 5.74) is 1.85. The van der Waals surface area contributed by atoms with Crippen LogP contribution in [0.1, 0.15) is 22.3 Å². The van der Waals surface area contributed by atoms with E-state index >= 15 is 0 Å². The molecule has 1 unspecified atom stereocenters. The molecule has 1 aromatic heterocycles. The largest absolute Gasteiger partial charge is 0.348 e. The predicted octanol–water partition coefficient (Wildman–Crippen LogP) is 2.03. The fourth-order valence-electron chi connectivity index (χ4n) is 2.21. The van der Waals surface area contributed by atoms with Crippen LogP contribution in [0.3, 0.4) is 0 Å². The highest BCUT2D eigenvalue weighted by Crippen LogP contribution is 2.18. The molecule has 0 spiro atoms. The first-order valence-corrected chi connectivity index (χ1v) is 7.88. The quantitative estimate of drug-likeness (QED) is 0.696. The van der Waals surface area contributed by atoms with Crippen molar-refractivity contribution in [3.05, 3.63) is 41.7 Å². The Bertz CT molecular complexity index is 588. The maximum Gasteiger partial charge on any atom is 0.251 e. The third-order valence-electron chi connectivity index (χ3n) is 3.38. The molecule has 0 bridgehead atoms. The highest BCUT2D eigenvalue weighted by molar-refractivity contribution is 7.98. The van der Waals surface area contributed by atoms with Crippen LogP contribution in [-0.2, 0) is 5.75 Å². The average Bonchev–Trinajstić information content (AvgIpc) is 3.19. The van der Waals surface area contributed by atoms with Crippen molar-refractivity contribution in [2.75, 3.05) is 13.1 Å². The van der Waals surface area contributed by atoms with Crippen molar-refractivity contribution >= 4 is 42.5 Å². The zero-order valence-corrected chi connectivity index (χ0v) is 14.8. The smallest absolute Gasteiger partial charge is 0.251 e. The van der Waals surface area contributed by atoms with E-state index in [0.717, 1.165) is 36.0 Å². The van der Waals surface area contributed by atoms with E-state index in [1.54, 1.807) is 11.8 Å². The SMILES string of the molecule is Cl.Cl.O=C(NC1CCNC1)c1ccc(CSc2ncn[nH]2)cc1. The Labute approximate surface area is 151 Å². The summed E-state index contributed by atoms with van der Waals surface area (Å²) in [4.78, 5) is 16.1. The van der Waals surface area contributed by atoms with E-state index in [0.29, 0.717) is 5.56 Å². The fourth-order valence-corrected chi connectivity index (χ4v) is 2.95. The molecule has 1 atom stereocenters. The Morgan fingerprint density at radius 3 is 2.70 bits per heavy atom. The second kappa shape index (κ2) is 9.77. The van der Waals surface area contributed by atoms with Gasteiger partial charge in [-0.05, 0) is 30.7 Å². The van der Waals surface area contributed by atoms with Crippen LogP contribution in [0.4, 0.5) is 0 Å². The van der Waals surface area contributed by atoms with Gasteiger partial charge in [0, 0.05) is 23.9 Å². The lowest BCUT2D eigenvalue weighted by atomic mass is 10.1. The van der Waals surface area contributed by atoms with Gasteiger partial charge >= 0.3 is 0 Å². The Hall–Kier alpha value is -1.28. The lowest BCUT2D eigenvalue weighted by molar-refractivity contribution is 0.0940. The van der Waals surface area contributed by atoms with Crippen LogP contribution >= 0.6 is 36.6 Å². The third-order valence-corrected chi connectivity index (χ3v) is 4.33. The van der Waals surface area contributed by atoms with Crippen molar-refractivity contribution in [1.82, 2.24) is 25.8 Å². The molecule has 9 heteroatoms. The molecule has 0 saturated carbocycles.